The molecule has 1 saturated heterocycles. The third kappa shape index (κ3) is 2.67. The fourth-order valence-corrected chi connectivity index (χ4v) is 1.98. The van der Waals surface area contributed by atoms with E-state index in [1.807, 2.05) is 25.1 Å². The number of carbonyl (C=O) groups is 1. The Hall–Kier alpha value is -2.28. The van der Waals surface area contributed by atoms with Gasteiger partial charge >= 0.3 is 0 Å². The molecular weight excluding hydrogens is 256 g/mol. The summed E-state index contributed by atoms with van der Waals surface area (Å²) >= 11 is 0. The van der Waals surface area contributed by atoms with Crippen LogP contribution < -0.4 is 10.6 Å². The lowest BCUT2D eigenvalue weighted by atomic mass is 10.2. The number of aromatic nitrogens is 4. The second-order valence-electron chi connectivity index (χ2n) is 4.85. The fourth-order valence-electron chi connectivity index (χ4n) is 1.98. The molecule has 2 aromatic rings. The lowest BCUT2D eigenvalue weighted by Crippen LogP contribution is -2.43. The predicted molar refractivity (Wildman–Crippen MR) is 72.1 cm³/mol. The molecule has 2 aromatic heterocycles. The van der Waals surface area contributed by atoms with E-state index in [-0.39, 0.29) is 5.91 Å². The Bertz CT molecular complexity index is 619. The van der Waals surface area contributed by atoms with Crippen molar-refractivity contribution < 1.29 is 4.79 Å². The lowest BCUT2D eigenvalue weighted by molar-refractivity contribution is 0.0945. The lowest BCUT2D eigenvalue weighted by Gasteiger charge is -2.26. The monoisotopic (exact) mass is 272 g/mol. The minimum atomic E-state index is -0.230. The summed E-state index contributed by atoms with van der Waals surface area (Å²) in [5, 5.41) is 13.8. The highest BCUT2D eigenvalue weighted by Gasteiger charge is 2.21. The summed E-state index contributed by atoms with van der Waals surface area (Å²) in [6.45, 7) is 4.05. The number of nitrogens with zero attached hydrogens (tertiary/aromatic N) is 4. The van der Waals surface area contributed by atoms with E-state index in [1.54, 1.807) is 10.9 Å². The average molecular weight is 272 g/mol. The molecule has 0 saturated carbocycles. The average Bonchev–Trinajstić information content (AvgIpc) is 2.83. The van der Waals surface area contributed by atoms with Crippen LogP contribution in [0.4, 0.5) is 0 Å². The highest BCUT2D eigenvalue weighted by Crippen LogP contribution is 2.09. The van der Waals surface area contributed by atoms with Crippen LogP contribution in [0.25, 0.3) is 0 Å². The number of aryl methyl sites for hydroxylation is 1. The van der Waals surface area contributed by atoms with Gasteiger partial charge in [0.15, 0.2) is 5.69 Å². The van der Waals surface area contributed by atoms with Crippen LogP contribution in [0.2, 0.25) is 0 Å². The fraction of sp³-hybridized carbons (Fsp3) is 0.385. The van der Waals surface area contributed by atoms with Crippen molar-refractivity contribution in [1.29, 1.82) is 0 Å². The van der Waals surface area contributed by atoms with Gasteiger partial charge in [0.25, 0.3) is 5.91 Å². The van der Waals surface area contributed by atoms with Gasteiger partial charge in [0, 0.05) is 18.8 Å². The third-order valence-electron chi connectivity index (χ3n) is 3.25. The van der Waals surface area contributed by atoms with Crippen LogP contribution in [0.5, 0.6) is 0 Å². The summed E-state index contributed by atoms with van der Waals surface area (Å²) in [5.41, 5.74) is 2.10. The normalized spacial score (nSPS) is 14.8. The SMILES string of the molecule is Cc1cccc(CNC(=O)c2cn(C3CNC3)nn2)n1. The number of rotatable bonds is 4. The molecule has 0 radical (unpaired) electrons. The van der Waals surface area contributed by atoms with E-state index in [1.165, 1.54) is 0 Å². The molecule has 2 N–H and O–H groups in total. The van der Waals surface area contributed by atoms with Gasteiger partial charge in [0.1, 0.15) is 0 Å². The van der Waals surface area contributed by atoms with E-state index in [2.05, 4.69) is 25.9 Å². The first-order valence-electron chi connectivity index (χ1n) is 6.55. The van der Waals surface area contributed by atoms with E-state index < -0.39 is 0 Å². The summed E-state index contributed by atoms with van der Waals surface area (Å²) in [6, 6.07) is 6.03. The van der Waals surface area contributed by atoms with Crippen molar-refractivity contribution in [2.75, 3.05) is 13.1 Å². The highest BCUT2D eigenvalue weighted by atomic mass is 16.2. The van der Waals surface area contributed by atoms with Gasteiger partial charge in [-0.25, -0.2) is 4.68 Å². The minimum Gasteiger partial charge on any atom is -0.345 e. The van der Waals surface area contributed by atoms with Gasteiger partial charge in [0.05, 0.1) is 24.5 Å². The van der Waals surface area contributed by atoms with Gasteiger partial charge in [-0.2, -0.15) is 0 Å². The highest BCUT2D eigenvalue weighted by molar-refractivity contribution is 5.91. The Morgan fingerprint density at radius 3 is 3.05 bits per heavy atom. The van der Waals surface area contributed by atoms with E-state index in [0.717, 1.165) is 24.5 Å². The smallest absolute Gasteiger partial charge is 0.273 e. The predicted octanol–water partition coefficient (Wildman–Crippen LogP) is 0.0558. The van der Waals surface area contributed by atoms with Gasteiger partial charge in [-0.3, -0.25) is 9.78 Å². The zero-order valence-electron chi connectivity index (χ0n) is 11.2. The van der Waals surface area contributed by atoms with Gasteiger partial charge in [-0.15, -0.1) is 5.10 Å². The Kier molecular flexibility index (Phi) is 3.42. The second kappa shape index (κ2) is 5.38. The van der Waals surface area contributed by atoms with Gasteiger partial charge in [0.2, 0.25) is 0 Å². The van der Waals surface area contributed by atoms with Gasteiger partial charge < -0.3 is 10.6 Å². The maximum atomic E-state index is 12.0. The van der Waals surface area contributed by atoms with Crippen LogP contribution in [-0.2, 0) is 6.54 Å². The van der Waals surface area contributed by atoms with Crippen molar-refractivity contribution in [2.45, 2.75) is 19.5 Å². The quantitative estimate of drug-likeness (QED) is 0.822. The van der Waals surface area contributed by atoms with E-state index in [9.17, 15) is 4.79 Å². The molecule has 0 aliphatic carbocycles. The molecule has 7 heteroatoms. The molecule has 3 heterocycles. The van der Waals surface area contributed by atoms with Crippen LogP contribution >= 0.6 is 0 Å². The molecule has 20 heavy (non-hydrogen) atoms. The molecular formula is C13H16N6O. The second-order valence-corrected chi connectivity index (χ2v) is 4.85. The number of nitrogens with one attached hydrogen (secondary N) is 2. The van der Waals surface area contributed by atoms with Gasteiger partial charge in [-0.1, -0.05) is 11.3 Å². The van der Waals surface area contributed by atoms with Crippen LogP contribution in [0, 0.1) is 6.92 Å². The minimum absolute atomic E-state index is 0.230. The summed E-state index contributed by atoms with van der Waals surface area (Å²) in [6.07, 6.45) is 1.69. The molecule has 0 atom stereocenters. The van der Waals surface area contributed by atoms with Crippen molar-refractivity contribution in [3.8, 4) is 0 Å². The van der Waals surface area contributed by atoms with Crippen LogP contribution in [0.3, 0.4) is 0 Å². The maximum absolute atomic E-state index is 12.0. The summed E-state index contributed by atoms with van der Waals surface area (Å²) in [5.74, 6) is -0.230. The summed E-state index contributed by atoms with van der Waals surface area (Å²) in [7, 11) is 0. The zero-order chi connectivity index (χ0) is 13.9. The number of hydrogen-bond donors (Lipinski definition) is 2. The van der Waals surface area contributed by atoms with Crippen LogP contribution in [0.15, 0.2) is 24.4 Å². The summed E-state index contributed by atoms with van der Waals surface area (Å²) < 4.78 is 1.73. The van der Waals surface area contributed by atoms with Gasteiger partial charge in [-0.05, 0) is 19.1 Å². The molecule has 3 rings (SSSR count). The van der Waals surface area contributed by atoms with E-state index in [0.29, 0.717) is 18.3 Å². The number of amides is 1. The largest absolute Gasteiger partial charge is 0.345 e. The van der Waals surface area contributed by atoms with Crippen molar-refractivity contribution in [3.05, 3.63) is 41.5 Å². The van der Waals surface area contributed by atoms with Crippen molar-refractivity contribution >= 4 is 5.91 Å². The molecule has 0 spiro atoms. The van der Waals surface area contributed by atoms with Crippen LogP contribution in [0.1, 0.15) is 27.9 Å². The topological polar surface area (TPSA) is 84.7 Å². The number of pyridine rings is 1. The molecule has 0 unspecified atom stereocenters. The summed E-state index contributed by atoms with van der Waals surface area (Å²) in [4.78, 5) is 16.3. The standard InChI is InChI=1S/C13H16N6O/c1-9-3-2-4-10(16-9)5-15-13(20)12-8-19(18-17-12)11-6-14-7-11/h2-4,8,11,14H,5-7H2,1H3,(H,15,20). The van der Waals surface area contributed by atoms with E-state index >= 15 is 0 Å². The first-order valence-corrected chi connectivity index (χ1v) is 6.55. The molecule has 0 bridgehead atoms. The molecule has 0 aromatic carbocycles. The molecule has 1 amide bonds. The van der Waals surface area contributed by atoms with Crippen molar-refractivity contribution in [3.63, 3.8) is 0 Å². The molecule has 1 fully saturated rings. The first-order chi connectivity index (χ1) is 9.72. The Morgan fingerprint density at radius 2 is 2.35 bits per heavy atom. The Labute approximate surface area is 116 Å². The third-order valence-corrected chi connectivity index (χ3v) is 3.25. The zero-order valence-corrected chi connectivity index (χ0v) is 11.2. The molecule has 1 aliphatic rings. The molecule has 1 aliphatic heterocycles. The Morgan fingerprint density at radius 1 is 1.50 bits per heavy atom. The number of hydrogen-bond acceptors (Lipinski definition) is 5. The van der Waals surface area contributed by atoms with Crippen LogP contribution in [-0.4, -0.2) is 39.0 Å². The number of carbonyl (C=O) groups excluding carboxylic acids is 1. The Balaban J connectivity index is 1.60. The van der Waals surface area contributed by atoms with Crippen molar-refractivity contribution in [1.82, 2.24) is 30.6 Å². The van der Waals surface area contributed by atoms with Crippen molar-refractivity contribution in [2.24, 2.45) is 0 Å². The molecule has 104 valence electrons. The molecule has 7 nitrogen and oxygen atoms in total. The maximum Gasteiger partial charge on any atom is 0.273 e. The van der Waals surface area contributed by atoms with E-state index in [4.69, 9.17) is 0 Å². The first kappa shape index (κ1) is 12.7.